The fourth-order valence-electron chi connectivity index (χ4n) is 1.97. The van der Waals surface area contributed by atoms with Crippen molar-refractivity contribution in [2.45, 2.75) is 6.54 Å². The molecule has 96 valence electrons. The molecule has 0 saturated carbocycles. The lowest BCUT2D eigenvalue weighted by atomic mass is 10.2. The molecule has 5 nitrogen and oxygen atoms in total. The molecule has 0 unspecified atom stereocenters. The first-order valence-electron chi connectivity index (χ1n) is 5.77. The predicted octanol–water partition coefficient (Wildman–Crippen LogP) is 1.83. The van der Waals surface area contributed by atoms with Gasteiger partial charge in [0.15, 0.2) is 5.65 Å². The van der Waals surface area contributed by atoms with Crippen LogP contribution in [0.1, 0.15) is 5.56 Å². The molecule has 0 fully saturated rings. The average Bonchev–Trinajstić information content (AvgIpc) is 2.78. The Labute approximate surface area is 114 Å². The molecule has 3 aromatic rings. The minimum absolute atomic E-state index is 0.0898. The molecule has 0 saturated heterocycles. The number of hydrogen-bond donors (Lipinski definition) is 0. The van der Waals surface area contributed by atoms with Gasteiger partial charge in [0.05, 0.1) is 12.7 Å². The highest BCUT2D eigenvalue weighted by Crippen LogP contribution is 2.10. The van der Waals surface area contributed by atoms with E-state index in [-0.39, 0.29) is 5.56 Å². The Bertz CT molecular complexity index is 789. The van der Waals surface area contributed by atoms with Crippen molar-refractivity contribution in [3.05, 3.63) is 57.7 Å². The van der Waals surface area contributed by atoms with Crippen LogP contribution in [0.3, 0.4) is 0 Å². The van der Waals surface area contributed by atoms with Gasteiger partial charge in [-0.25, -0.2) is 4.98 Å². The smallest absolute Gasteiger partial charge is 0.264 e. The lowest BCUT2D eigenvalue weighted by molar-refractivity contribution is 0.737. The van der Waals surface area contributed by atoms with Gasteiger partial charge in [-0.1, -0.05) is 23.7 Å². The monoisotopic (exact) mass is 274 g/mol. The highest BCUT2D eigenvalue weighted by atomic mass is 35.5. The van der Waals surface area contributed by atoms with E-state index in [1.54, 1.807) is 41.0 Å². The fourth-order valence-corrected chi connectivity index (χ4v) is 2.09. The van der Waals surface area contributed by atoms with Crippen LogP contribution in [0, 0.1) is 0 Å². The van der Waals surface area contributed by atoms with E-state index < -0.39 is 0 Å². The van der Waals surface area contributed by atoms with Gasteiger partial charge in [0.25, 0.3) is 5.56 Å². The first kappa shape index (κ1) is 11.9. The van der Waals surface area contributed by atoms with E-state index in [0.717, 1.165) is 5.56 Å². The molecule has 0 aliphatic carbocycles. The van der Waals surface area contributed by atoms with Crippen molar-refractivity contribution >= 4 is 22.6 Å². The van der Waals surface area contributed by atoms with Gasteiger partial charge in [-0.15, -0.1) is 0 Å². The maximum absolute atomic E-state index is 12.3. The zero-order valence-electron chi connectivity index (χ0n) is 10.2. The van der Waals surface area contributed by atoms with Crippen LogP contribution in [0.4, 0.5) is 0 Å². The number of hydrogen-bond acceptors (Lipinski definition) is 3. The van der Waals surface area contributed by atoms with E-state index >= 15 is 0 Å². The van der Waals surface area contributed by atoms with Gasteiger partial charge >= 0.3 is 0 Å². The van der Waals surface area contributed by atoms with E-state index in [9.17, 15) is 4.79 Å². The van der Waals surface area contributed by atoms with Crippen molar-refractivity contribution < 1.29 is 0 Å². The van der Waals surface area contributed by atoms with E-state index in [1.807, 2.05) is 12.1 Å². The molecule has 0 bridgehead atoms. The highest BCUT2D eigenvalue weighted by Gasteiger charge is 2.08. The zero-order valence-corrected chi connectivity index (χ0v) is 11.0. The number of benzene rings is 1. The molecule has 3 rings (SSSR count). The zero-order chi connectivity index (χ0) is 13.4. The van der Waals surface area contributed by atoms with Gasteiger partial charge in [-0.05, 0) is 17.7 Å². The number of aromatic nitrogens is 4. The van der Waals surface area contributed by atoms with Crippen LogP contribution in [-0.2, 0) is 13.6 Å². The normalized spacial score (nSPS) is 11.1. The largest absolute Gasteiger partial charge is 0.294 e. The summed E-state index contributed by atoms with van der Waals surface area (Å²) < 4.78 is 3.15. The van der Waals surface area contributed by atoms with Crippen molar-refractivity contribution in [3.8, 4) is 0 Å². The molecule has 0 amide bonds. The van der Waals surface area contributed by atoms with Gasteiger partial charge in [-0.3, -0.25) is 14.0 Å². The molecule has 0 spiro atoms. The number of fused-ring (bicyclic) bond motifs is 1. The predicted molar refractivity (Wildman–Crippen MR) is 73.3 cm³/mol. The van der Waals surface area contributed by atoms with Crippen LogP contribution in [0.25, 0.3) is 11.0 Å². The summed E-state index contributed by atoms with van der Waals surface area (Å²) in [4.78, 5) is 16.5. The quantitative estimate of drug-likeness (QED) is 0.716. The molecule has 0 aliphatic rings. The van der Waals surface area contributed by atoms with Gasteiger partial charge in [-0.2, -0.15) is 5.10 Å². The van der Waals surface area contributed by atoms with Crippen LogP contribution in [-0.4, -0.2) is 19.3 Å². The summed E-state index contributed by atoms with van der Waals surface area (Å²) in [5.74, 6) is 0. The summed E-state index contributed by atoms with van der Waals surface area (Å²) in [6.07, 6.45) is 3.09. The Morgan fingerprint density at radius 1 is 1.26 bits per heavy atom. The molecule has 0 aliphatic heterocycles. The minimum atomic E-state index is -0.0898. The Morgan fingerprint density at radius 2 is 2.00 bits per heavy atom. The van der Waals surface area contributed by atoms with Gasteiger partial charge in [0.2, 0.25) is 0 Å². The second kappa shape index (κ2) is 4.51. The first-order valence-corrected chi connectivity index (χ1v) is 6.14. The van der Waals surface area contributed by atoms with Gasteiger partial charge < -0.3 is 0 Å². The van der Waals surface area contributed by atoms with Gasteiger partial charge in [0, 0.05) is 12.1 Å². The van der Waals surface area contributed by atoms with Crippen LogP contribution >= 0.6 is 11.6 Å². The minimum Gasteiger partial charge on any atom is -0.294 e. The van der Waals surface area contributed by atoms with Crippen molar-refractivity contribution in [1.29, 1.82) is 0 Å². The lowest BCUT2D eigenvalue weighted by Gasteiger charge is -2.05. The average molecular weight is 275 g/mol. The highest BCUT2D eigenvalue weighted by molar-refractivity contribution is 6.30. The van der Waals surface area contributed by atoms with Crippen LogP contribution < -0.4 is 5.56 Å². The van der Waals surface area contributed by atoms with E-state index in [2.05, 4.69) is 10.1 Å². The standard InChI is InChI=1S/C13H11ClN4O/c1-17-12-11(6-16-17)13(19)18(8-15-12)7-9-2-4-10(14)5-3-9/h2-6,8H,7H2,1H3. The Morgan fingerprint density at radius 3 is 2.74 bits per heavy atom. The van der Waals surface area contributed by atoms with Crippen LogP contribution in [0.2, 0.25) is 5.02 Å². The molecule has 19 heavy (non-hydrogen) atoms. The van der Waals surface area contributed by atoms with Crippen molar-refractivity contribution in [3.63, 3.8) is 0 Å². The Balaban J connectivity index is 2.04. The number of nitrogens with zero attached hydrogens (tertiary/aromatic N) is 4. The van der Waals surface area contributed by atoms with Crippen LogP contribution in [0.5, 0.6) is 0 Å². The summed E-state index contributed by atoms with van der Waals surface area (Å²) in [5.41, 5.74) is 1.50. The molecule has 2 heterocycles. The molecule has 6 heteroatoms. The molecule has 1 aromatic carbocycles. The second-order valence-corrected chi connectivity index (χ2v) is 4.75. The third-order valence-corrected chi connectivity index (χ3v) is 3.24. The summed E-state index contributed by atoms with van der Waals surface area (Å²) >= 11 is 5.83. The molecular formula is C13H11ClN4O. The SMILES string of the molecule is Cn1ncc2c(=O)n(Cc3ccc(Cl)cc3)cnc21. The third-order valence-electron chi connectivity index (χ3n) is 2.98. The van der Waals surface area contributed by atoms with Crippen molar-refractivity contribution in [1.82, 2.24) is 19.3 Å². The lowest BCUT2D eigenvalue weighted by Crippen LogP contribution is -2.21. The first-order chi connectivity index (χ1) is 9.15. The maximum atomic E-state index is 12.3. The van der Waals surface area contributed by atoms with Crippen molar-refractivity contribution in [2.24, 2.45) is 7.05 Å². The fraction of sp³-hybridized carbons (Fsp3) is 0.154. The van der Waals surface area contributed by atoms with E-state index in [0.29, 0.717) is 22.6 Å². The Hall–Kier alpha value is -2.14. The molecule has 0 N–H and O–H groups in total. The third kappa shape index (κ3) is 2.13. The van der Waals surface area contributed by atoms with Crippen molar-refractivity contribution in [2.75, 3.05) is 0 Å². The number of halogens is 1. The summed E-state index contributed by atoms with van der Waals surface area (Å²) in [6.45, 7) is 0.466. The number of aryl methyl sites for hydroxylation is 1. The molecule has 0 radical (unpaired) electrons. The van der Waals surface area contributed by atoms with E-state index in [4.69, 9.17) is 11.6 Å². The molecule has 2 aromatic heterocycles. The topological polar surface area (TPSA) is 52.7 Å². The van der Waals surface area contributed by atoms with E-state index in [1.165, 1.54) is 0 Å². The summed E-state index contributed by atoms with van der Waals surface area (Å²) in [6, 6.07) is 7.39. The molecular weight excluding hydrogens is 264 g/mol. The van der Waals surface area contributed by atoms with Crippen LogP contribution in [0.15, 0.2) is 41.6 Å². The molecule has 0 atom stereocenters. The number of rotatable bonds is 2. The summed E-state index contributed by atoms with van der Waals surface area (Å²) in [7, 11) is 1.76. The maximum Gasteiger partial charge on any atom is 0.264 e. The van der Waals surface area contributed by atoms with Gasteiger partial charge in [0.1, 0.15) is 11.7 Å². The second-order valence-electron chi connectivity index (χ2n) is 4.31. The summed E-state index contributed by atoms with van der Waals surface area (Å²) in [5, 5.41) is 5.24. The Kier molecular flexibility index (Phi) is 2.83.